The van der Waals surface area contributed by atoms with Gasteiger partial charge in [-0.2, -0.15) is 0 Å². The first-order valence-corrected chi connectivity index (χ1v) is 11.6. The average Bonchev–Trinajstić information content (AvgIpc) is 2.83. The lowest BCUT2D eigenvalue weighted by atomic mass is 10.1. The van der Waals surface area contributed by atoms with Gasteiger partial charge < -0.3 is 0 Å². The van der Waals surface area contributed by atoms with Crippen molar-refractivity contribution in [2.45, 2.75) is 38.8 Å². The molecule has 0 saturated heterocycles. The molecule has 4 aromatic rings. The number of unbranched alkanes of at least 4 members (excludes halogenated alkanes) is 3. The first-order chi connectivity index (χ1) is 15.7. The van der Waals surface area contributed by atoms with E-state index in [1.165, 1.54) is 47.9 Å². The highest BCUT2D eigenvalue weighted by atomic mass is 14.9. The summed E-state index contributed by atoms with van der Waals surface area (Å²) in [4.78, 5) is 0. The standard InChI is InChI=1S/C28H34N4/c1-29-17-7-25(8-18-29)27-11-21-31(22-12-27)15-5-3-4-6-16-32-23-13-28(14-24-32)26-9-19-30(2)20-10-26/h7-14,17-24H,3-6,15-16H2,1-2H3/q+4. The second-order valence-electron chi connectivity index (χ2n) is 8.57. The second-order valence-corrected chi connectivity index (χ2v) is 8.57. The fraction of sp³-hybridized carbons (Fsp3) is 0.286. The number of aromatic nitrogens is 4. The van der Waals surface area contributed by atoms with Gasteiger partial charge in [0.25, 0.3) is 0 Å². The van der Waals surface area contributed by atoms with Crippen molar-refractivity contribution < 1.29 is 18.3 Å². The number of hydrogen-bond acceptors (Lipinski definition) is 0. The van der Waals surface area contributed by atoms with Gasteiger partial charge in [0.1, 0.15) is 27.2 Å². The number of aryl methyl sites for hydroxylation is 4. The van der Waals surface area contributed by atoms with Crippen molar-refractivity contribution in [3.8, 4) is 22.3 Å². The highest BCUT2D eigenvalue weighted by molar-refractivity contribution is 5.61. The van der Waals surface area contributed by atoms with Crippen molar-refractivity contribution in [3.63, 3.8) is 0 Å². The summed E-state index contributed by atoms with van der Waals surface area (Å²) in [5, 5.41) is 0. The van der Waals surface area contributed by atoms with Gasteiger partial charge in [-0.1, -0.05) is 0 Å². The largest absolute Gasteiger partial charge is 0.208 e. The molecule has 0 aliphatic heterocycles. The lowest BCUT2D eigenvalue weighted by Gasteiger charge is -2.02. The summed E-state index contributed by atoms with van der Waals surface area (Å²) in [5.74, 6) is 0. The Morgan fingerprint density at radius 2 is 0.688 bits per heavy atom. The minimum Gasteiger partial charge on any atom is -0.208 e. The highest BCUT2D eigenvalue weighted by Gasteiger charge is 2.06. The average molecular weight is 427 g/mol. The second kappa shape index (κ2) is 10.8. The molecule has 0 aliphatic rings. The smallest absolute Gasteiger partial charge is 0.169 e. The van der Waals surface area contributed by atoms with Crippen LogP contribution in [0.2, 0.25) is 0 Å². The summed E-state index contributed by atoms with van der Waals surface area (Å²) in [7, 11) is 4.09. The summed E-state index contributed by atoms with van der Waals surface area (Å²) >= 11 is 0. The molecule has 0 aromatic carbocycles. The molecule has 0 radical (unpaired) electrons. The third-order valence-corrected chi connectivity index (χ3v) is 5.99. The van der Waals surface area contributed by atoms with Crippen LogP contribution in [0.3, 0.4) is 0 Å². The Balaban J connectivity index is 1.16. The molecule has 0 amide bonds. The summed E-state index contributed by atoms with van der Waals surface area (Å²) in [5.41, 5.74) is 5.06. The maximum Gasteiger partial charge on any atom is 0.169 e. The van der Waals surface area contributed by atoms with Crippen LogP contribution in [-0.2, 0) is 27.2 Å². The maximum atomic E-state index is 2.30. The Morgan fingerprint density at radius 3 is 1.00 bits per heavy atom. The third-order valence-electron chi connectivity index (χ3n) is 5.99. The molecule has 0 spiro atoms. The number of pyridine rings is 4. The SMILES string of the molecule is C[n+]1ccc(-c2cc[n+](CCCCCC[n+]3ccc(-c4cc[n+](C)cc4)cc3)cc2)cc1. The van der Waals surface area contributed by atoms with Crippen molar-refractivity contribution in [3.05, 3.63) is 98.1 Å². The van der Waals surface area contributed by atoms with Gasteiger partial charge in [0.15, 0.2) is 49.6 Å². The number of nitrogens with zero attached hydrogens (tertiary/aromatic N) is 4. The van der Waals surface area contributed by atoms with Crippen LogP contribution in [0, 0.1) is 0 Å². The molecule has 4 heterocycles. The first kappa shape index (κ1) is 21.8. The van der Waals surface area contributed by atoms with Crippen molar-refractivity contribution in [2.24, 2.45) is 14.1 Å². The van der Waals surface area contributed by atoms with E-state index in [9.17, 15) is 0 Å². The lowest BCUT2D eigenvalue weighted by Crippen LogP contribution is -2.33. The zero-order valence-corrected chi connectivity index (χ0v) is 19.3. The van der Waals surface area contributed by atoms with Crippen LogP contribution in [0.4, 0.5) is 0 Å². The zero-order chi connectivity index (χ0) is 22.2. The molecule has 4 nitrogen and oxygen atoms in total. The van der Waals surface area contributed by atoms with Crippen LogP contribution in [0.1, 0.15) is 25.7 Å². The number of rotatable bonds is 9. The van der Waals surface area contributed by atoms with Crippen LogP contribution in [-0.4, -0.2) is 0 Å². The minimum absolute atomic E-state index is 1.08. The Morgan fingerprint density at radius 1 is 0.406 bits per heavy atom. The van der Waals surface area contributed by atoms with Gasteiger partial charge in [-0.05, 0) is 35.1 Å². The predicted molar refractivity (Wildman–Crippen MR) is 125 cm³/mol. The van der Waals surface area contributed by atoms with Crippen LogP contribution >= 0.6 is 0 Å². The lowest BCUT2D eigenvalue weighted by molar-refractivity contribution is -0.698. The van der Waals surface area contributed by atoms with E-state index in [4.69, 9.17) is 0 Å². The third kappa shape index (κ3) is 6.07. The fourth-order valence-electron chi connectivity index (χ4n) is 3.93. The molecule has 0 atom stereocenters. The molecule has 0 aliphatic carbocycles. The van der Waals surface area contributed by atoms with E-state index < -0.39 is 0 Å². The fourth-order valence-corrected chi connectivity index (χ4v) is 3.93. The van der Waals surface area contributed by atoms with Crippen molar-refractivity contribution >= 4 is 0 Å². The topological polar surface area (TPSA) is 15.5 Å². The molecule has 0 saturated carbocycles. The van der Waals surface area contributed by atoms with Crippen molar-refractivity contribution in [2.75, 3.05) is 0 Å². The molecule has 4 aromatic heterocycles. The quantitative estimate of drug-likeness (QED) is 0.288. The summed E-state index contributed by atoms with van der Waals surface area (Å²) < 4.78 is 8.71. The highest BCUT2D eigenvalue weighted by Crippen LogP contribution is 2.16. The Bertz CT molecular complexity index is 1010. The van der Waals surface area contributed by atoms with Gasteiger partial charge in [0.05, 0.1) is 0 Å². The Labute approximate surface area is 191 Å². The monoisotopic (exact) mass is 426 g/mol. The molecule has 0 unspecified atom stereocenters. The van der Waals surface area contributed by atoms with Crippen LogP contribution in [0.25, 0.3) is 22.3 Å². The molecule has 4 rings (SSSR count). The van der Waals surface area contributed by atoms with Gasteiger partial charge in [-0.15, -0.1) is 0 Å². The van der Waals surface area contributed by atoms with E-state index in [2.05, 4.69) is 116 Å². The maximum absolute atomic E-state index is 2.30. The van der Waals surface area contributed by atoms with Crippen LogP contribution in [0.15, 0.2) is 98.1 Å². The number of hydrogen-bond donors (Lipinski definition) is 0. The molecular weight excluding hydrogens is 392 g/mol. The van der Waals surface area contributed by atoms with Crippen LogP contribution < -0.4 is 18.3 Å². The normalized spacial score (nSPS) is 10.9. The predicted octanol–water partition coefficient (Wildman–Crippen LogP) is 3.51. The van der Waals surface area contributed by atoms with E-state index in [0.717, 1.165) is 13.1 Å². The van der Waals surface area contributed by atoms with Gasteiger partial charge in [-0.3, -0.25) is 0 Å². The van der Waals surface area contributed by atoms with E-state index in [1.807, 2.05) is 14.1 Å². The van der Waals surface area contributed by atoms with E-state index in [1.54, 1.807) is 0 Å². The molecular formula is C28H34N4+4. The molecule has 0 bridgehead atoms. The van der Waals surface area contributed by atoms with Gasteiger partial charge in [-0.25, -0.2) is 18.3 Å². The summed E-state index contributed by atoms with van der Waals surface area (Å²) in [6.07, 6.45) is 22.1. The van der Waals surface area contributed by atoms with E-state index in [0.29, 0.717) is 0 Å². The van der Waals surface area contributed by atoms with Gasteiger partial charge >= 0.3 is 0 Å². The molecule has 0 fully saturated rings. The Hall–Kier alpha value is -3.40. The molecule has 4 heteroatoms. The molecule has 32 heavy (non-hydrogen) atoms. The van der Waals surface area contributed by atoms with Crippen molar-refractivity contribution in [1.82, 2.24) is 0 Å². The van der Waals surface area contributed by atoms with E-state index in [-0.39, 0.29) is 0 Å². The first-order valence-electron chi connectivity index (χ1n) is 11.6. The zero-order valence-electron chi connectivity index (χ0n) is 19.3. The van der Waals surface area contributed by atoms with Crippen molar-refractivity contribution in [1.29, 1.82) is 0 Å². The van der Waals surface area contributed by atoms with Crippen LogP contribution in [0.5, 0.6) is 0 Å². The van der Waals surface area contributed by atoms with E-state index >= 15 is 0 Å². The summed E-state index contributed by atoms with van der Waals surface area (Å²) in [6, 6.07) is 17.5. The molecule has 0 N–H and O–H groups in total. The minimum atomic E-state index is 1.08. The summed E-state index contributed by atoms with van der Waals surface area (Å²) in [6.45, 7) is 2.17. The Kier molecular flexibility index (Phi) is 7.34. The van der Waals surface area contributed by atoms with Gasteiger partial charge in [0.2, 0.25) is 0 Å². The van der Waals surface area contributed by atoms with Gasteiger partial charge in [0, 0.05) is 61.4 Å². The molecule has 162 valence electrons.